The van der Waals surface area contributed by atoms with Crippen molar-refractivity contribution >= 4 is 5.97 Å². The molecule has 0 spiro atoms. The highest BCUT2D eigenvalue weighted by Gasteiger charge is 2.47. The molecule has 1 saturated heterocycles. The van der Waals surface area contributed by atoms with E-state index in [4.69, 9.17) is 4.74 Å². The number of carbonyl (C=O) groups is 1. The van der Waals surface area contributed by atoms with E-state index in [0.717, 1.165) is 19.3 Å². The van der Waals surface area contributed by atoms with E-state index in [2.05, 4.69) is 17.1 Å². The van der Waals surface area contributed by atoms with Crippen molar-refractivity contribution in [1.29, 1.82) is 0 Å². The number of piperidine rings is 1. The number of ether oxygens (including phenoxy) is 1. The number of carbonyl (C=O) groups excluding carboxylic acids is 1. The fourth-order valence-electron chi connectivity index (χ4n) is 3.95. The molecule has 110 valence electrons. The van der Waals surface area contributed by atoms with E-state index in [9.17, 15) is 4.79 Å². The first-order valence-corrected chi connectivity index (χ1v) is 7.70. The zero-order valence-corrected chi connectivity index (χ0v) is 12.6. The quantitative estimate of drug-likeness (QED) is 0.791. The Balaban J connectivity index is 2.05. The second kappa shape index (κ2) is 6.23. The van der Waals surface area contributed by atoms with Crippen molar-refractivity contribution in [2.45, 2.75) is 69.5 Å². The van der Waals surface area contributed by atoms with Gasteiger partial charge in [0.25, 0.3) is 0 Å². The maximum atomic E-state index is 12.0. The topological polar surface area (TPSA) is 41.6 Å². The third kappa shape index (κ3) is 2.79. The van der Waals surface area contributed by atoms with E-state index in [1.807, 2.05) is 7.05 Å². The maximum absolute atomic E-state index is 12.0. The number of methoxy groups -OCH3 is 1. The Kier molecular flexibility index (Phi) is 4.85. The molecular weight excluding hydrogens is 240 g/mol. The number of rotatable bonds is 4. The van der Waals surface area contributed by atoms with Gasteiger partial charge in [-0.2, -0.15) is 0 Å². The van der Waals surface area contributed by atoms with E-state index in [0.29, 0.717) is 12.1 Å². The molecule has 0 amide bonds. The first kappa shape index (κ1) is 14.8. The van der Waals surface area contributed by atoms with Crippen LogP contribution < -0.4 is 5.32 Å². The van der Waals surface area contributed by atoms with Crippen molar-refractivity contribution in [3.63, 3.8) is 0 Å². The van der Waals surface area contributed by atoms with E-state index in [-0.39, 0.29) is 5.97 Å². The highest BCUT2D eigenvalue weighted by atomic mass is 16.5. The molecule has 2 aliphatic rings. The molecule has 0 aromatic rings. The Bertz CT molecular complexity index is 321. The number of likely N-dealkylation sites (tertiary alicyclic amines) is 1. The summed E-state index contributed by atoms with van der Waals surface area (Å²) in [6, 6.07) is 1.25. The first-order valence-electron chi connectivity index (χ1n) is 7.70. The average Bonchev–Trinajstić information content (AvgIpc) is 2.92. The number of esters is 1. The van der Waals surface area contributed by atoms with Crippen molar-refractivity contribution in [2.75, 3.05) is 20.7 Å². The van der Waals surface area contributed by atoms with Gasteiger partial charge >= 0.3 is 5.97 Å². The minimum Gasteiger partial charge on any atom is -0.468 e. The van der Waals surface area contributed by atoms with Gasteiger partial charge in [-0.15, -0.1) is 0 Å². The third-order valence-corrected chi connectivity index (χ3v) is 5.16. The van der Waals surface area contributed by atoms with Crippen LogP contribution in [0.25, 0.3) is 0 Å². The molecule has 1 aliphatic carbocycles. The number of likely N-dealkylation sites (N-methyl/N-ethyl adjacent to an activating group) is 1. The van der Waals surface area contributed by atoms with Crippen molar-refractivity contribution in [3.8, 4) is 0 Å². The molecule has 1 N–H and O–H groups in total. The van der Waals surface area contributed by atoms with E-state index in [1.54, 1.807) is 0 Å². The van der Waals surface area contributed by atoms with E-state index >= 15 is 0 Å². The molecule has 19 heavy (non-hydrogen) atoms. The molecule has 0 aromatic carbocycles. The molecule has 4 nitrogen and oxygen atoms in total. The Morgan fingerprint density at radius 1 is 1.42 bits per heavy atom. The van der Waals surface area contributed by atoms with Crippen LogP contribution in [0.3, 0.4) is 0 Å². The Labute approximate surface area is 116 Å². The second-order valence-electron chi connectivity index (χ2n) is 6.02. The summed E-state index contributed by atoms with van der Waals surface area (Å²) >= 11 is 0. The number of nitrogens with zero attached hydrogens (tertiary/aromatic N) is 1. The fraction of sp³-hybridized carbons (Fsp3) is 0.933. The lowest BCUT2D eigenvalue weighted by Crippen LogP contribution is -2.51. The third-order valence-electron chi connectivity index (χ3n) is 5.16. The summed E-state index contributed by atoms with van der Waals surface area (Å²) < 4.78 is 5.00. The summed E-state index contributed by atoms with van der Waals surface area (Å²) in [5.41, 5.74) is -0.449. The van der Waals surface area contributed by atoms with Crippen LogP contribution in [0.15, 0.2) is 0 Å². The van der Waals surface area contributed by atoms with Crippen LogP contribution in [-0.4, -0.2) is 49.2 Å². The van der Waals surface area contributed by atoms with Gasteiger partial charge in [0.1, 0.15) is 5.54 Å². The van der Waals surface area contributed by atoms with E-state index in [1.165, 1.54) is 39.3 Å². The minimum atomic E-state index is -0.449. The SMILES string of the molecule is CCC1CCCCN1C1CCC(NC)(C(=O)OC)C1. The molecule has 2 fully saturated rings. The Hall–Kier alpha value is -0.610. The van der Waals surface area contributed by atoms with Gasteiger partial charge in [-0.05, 0) is 52.1 Å². The molecule has 0 aromatic heterocycles. The van der Waals surface area contributed by atoms with Crippen LogP contribution in [0.5, 0.6) is 0 Å². The highest BCUT2D eigenvalue weighted by Crippen LogP contribution is 2.37. The van der Waals surface area contributed by atoms with Crippen molar-refractivity contribution in [2.24, 2.45) is 0 Å². The molecule has 0 bridgehead atoms. The lowest BCUT2D eigenvalue weighted by molar-refractivity contribution is -0.148. The summed E-state index contributed by atoms with van der Waals surface area (Å²) in [5, 5.41) is 3.23. The Morgan fingerprint density at radius 3 is 2.84 bits per heavy atom. The minimum absolute atomic E-state index is 0.0949. The summed E-state index contributed by atoms with van der Waals surface area (Å²) in [5.74, 6) is -0.0949. The van der Waals surface area contributed by atoms with E-state index < -0.39 is 5.54 Å². The molecule has 1 saturated carbocycles. The number of hydrogen-bond donors (Lipinski definition) is 1. The molecule has 1 aliphatic heterocycles. The molecule has 3 unspecified atom stereocenters. The molecular formula is C15H28N2O2. The smallest absolute Gasteiger partial charge is 0.326 e. The predicted octanol–water partition coefficient (Wildman–Crippen LogP) is 1.93. The van der Waals surface area contributed by atoms with Gasteiger partial charge in [0.2, 0.25) is 0 Å². The van der Waals surface area contributed by atoms with Crippen LogP contribution in [0.4, 0.5) is 0 Å². The zero-order chi connectivity index (χ0) is 13.9. The summed E-state index contributed by atoms with van der Waals surface area (Å²) in [7, 11) is 3.37. The predicted molar refractivity (Wildman–Crippen MR) is 76.1 cm³/mol. The van der Waals surface area contributed by atoms with Gasteiger partial charge in [-0.25, -0.2) is 0 Å². The van der Waals surface area contributed by atoms with Crippen LogP contribution >= 0.6 is 0 Å². The fourth-order valence-corrected chi connectivity index (χ4v) is 3.95. The maximum Gasteiger partial charge on any atom is 0.326 e. The van der Waals surface area contributed by atoms with Crippen LogP contribution in [0, 0.1) is 0 Å². The first-order chi connectivity index (χ1) is 9.16. The zero-order valence-electron chi connectivity index (χ0n) is 12.6. The molecule has 1 heterocycles. The van der Waals surface area contributed by atoms with Crippen molar-refractivity contribution < 1.29 is 9.53 Å². The molecule has 0 radical (unpaired) electrons. The van der Waals surface area contributed by atoms with Crippen LogP contribution in [0.1, 0.15) is 51.9 Å². The van der Waals surface area contributed by atoms with Crippen LogP contribution in [0.2, 0.25) is 0 Å². The Morgan fingerprint density at radius 2 is 2.21 bits per heavy atom. The largest absolute Gasteiger partial charge is 0.468 e. The van der Waals surface area contributed by atoms with Crippen molar-refractivity contribution in [1.82, 2.24) is 10.2 Å². The normalized spacial score (nSPS) is 36.4. The van der Waals surface area contributed by atoms with Crippen LogP contribution in [-0.2, 0) is 9.53 Å². The van der Waals surface area contributed by atoms with Gasteiger partial charge in [-0.3, -0.25) is 9.69 Å². The average molecular weight is 268 g/mol. The lowest BCUT2D eigenvalue weighted by atomic mass is 9.94. The molecule has 2 rings (SSSR count). The second-order valence-corrected chi connectivity index (χ2v) is 6.02. The summed E-state index contributed by atoms with van der Waals surface area (Å²) in [6.45, 7) is 3.48. The number of nitrogens with one attached hydrogen (secondary N) is 1. The molecule has 3 atom stereocenters. The van der Waals surface area contributed by atoms with Gasteiger partial charge in [0.05, 0.1) is 7.11 Å². The monoisotopic (exact) mass is 268 g/mol. The van der Waals surface area contributed by atoms with Gasteiger partial charge < -0.3 is 10.1 Å². The van der Waals surface area contributed by atoms with Gasteiger partial charge in [0, 0.05) is 12.1 Å². The van der Waals surface area contributed by atoms with Gasteiger partial charge in [0.15, 0.2) is 0 Å². The lowest BCUT2D eigenvalue weighted by Gasteiger charge is -2.40. The standard InChI is InChI=1S/C15H28N2O2/c1-4-12-7-5-6-10-17(12)13-8-9-15(11-13,16-2)14(18)19-3/h12-13,16H,4-11H2,1-3H3. The molecule has 4 heteroatoms. The van der Waals surface area contributed by atoms with Crippen molar-refractivity contribution in [3.05, 3.63) is 0 Å². The highest BCUT2D eigenvalue weighted by molar-refractivity contribution is 5.81. The summed E-state index contributed by atoms with van der Waals surface area (Å²) in [6.07, 6.45) is 8.10. The van der Waals surface area contributed by atoms with Gasteiger partial charge in [-0.1, -0.05) is 13.3 Å². The summed E-state index contributed by atoms with van der Waals surface area (Å²) in [4.78, 5) is 14.7. The number of hydrogen-bond acceptors (Lipinski definition) is 4.